The van der Waals surface area contributed by atoms with Crippen LogP contribution in [0.15, 0.2) is 24.3 Å². The predicted molar refractivity (Wildman–Crippen MR) is 101 cm³/mol. The molecule has 27 heavy (non-hydrogen) atoms. The molecule has 1 fully saturated rings. The molecule has 0 unspecified atom stereocenters. The number of halogens is 1. The zero-order valence-corrected chi connectivity index (χ0v) is 16.4. The lowest BCUT2D eigenvalue weighted by molar-refractivity contribution is -0.0551. The van der Waals surface area contributed by atoms with Crippen LogP contribution in [0, 0.1) is 11.7 Å². The molecular formula is C20H31FN2O4. The summed E-state index contributed by atoms with van der Waals surface area (Å²) in [6, 6.07) is 5.55. The molecule has 1 aliphatic rings. The summed E-state index contributed by atoms with van der Waals surface area (Å²) in [5, 5.41) is 10.1. The minimum absolute atomic E-state index is 0.139. The first-order valence-electron chi connectivity index (χ1n) is 9.46. The highest BCUT2D eigenvalue weighted by Crippen LogP contribution is 2.13. The van der Waals surface area contributed by atoms with Gasteiger partial charge in [0.1, 0.15) is 5.82 Å². The van der Waals surface area contributed by atoms with Crippen molar-refractivity contribution in [3.8, 4) is 0 Å². The third kappa shape index (κ3) is 6.84. The predicted octanol–water partition coefficient (Wildman–Crippen LogP) is 1.63. The van der Waals surface area contributed by atoms with Gasteiger partial charge in [0.25, 0.3) is 5.91 Å². The molecule has 0 aliphatic carbocycles. The van der Waals surface area contributed by atoms with Crippen molar-refractivity contribution in [2.45, 2.75) is 26.1 Å². The van der Waals surface area contributed by atoms with E-state index in [0.717, 1.165) is 6.54 Å². The van der Waals surface area contributed by atoms with Crippen molar-refractivity contribution in [2.24, 2.45) is 5.92 Å². The van der Waals surface area contributed by atoms with E-state index in [4.69, 9.17) is 9.47 Å². The molecule has 1 saturated heterocycles. The third-order valence-electron chi connectivity index (χ3n) is 4.81. The zero-order valence-electron chi connectivity index (χ0n) is 16.4. The second-order valence-electron chi connectivity index (χ2n) is 7.31. The van der Waals surface area contributed by atoms with E-state index in [9.17, 15) is 14.3 Å². The zero-order chi connectivity index (χ0) is 19.8. The van der Waals surface area contributed by atoms with Crippen LogP contribution in [0.4, 0.5) is 4.39 Å². The molecule has 7 heteroatoms. The van der Waals surface area contributed by atoms with Gasteiger partial charge in [0.05, 0.1) is 25.4 Å². The first-order valence-corrected chi connectivity index (χ1v) is 9.46. The lowest BCUT2D eigenvalue weighted by Gasteiger charge is -2.37. The molecular weight excluding hydrogens is 351 g/mol. The van der Waals surface area contributed by atoms with E-state index < -0.39 is 0 Å². The normalized spacial score (nSPS) is 19.3. The highest BCUT2D eigenvalue weighted by Gasteiger charge is 2.27. The Balaban J connectivity index is 1.99. The van der Waals surface area contributed by atoms with Gasteiger partial charge in [0, 0.05) is 45.4 Å². The Kier molecular flexibility index (Phi) is 8.63. The number of methoxy groups -OCH3 is 1. The van der Waals surface area contributed by atoms with E-state index in [-0.39, 0.29) is 29.9 Å². The van der Waals surface area contributed by atoms with Gasteiger partial charge in [0.2, 0.25) is 0 Å². The average Bonchev–Trinajstić information content (AvgIpc) is 2.65. The standard InChI is InChI=1S/C20H31FN2O4/c1-15(2)19(24)14-22-8-11-27-18(12-22)13-23(9-10-26-3)20(25)16-4-6-17(21)7-5-16/h4-7,15,18-19,24H,8-14H2,1-3H3/t18-,19-/m1/s1. The van der Waals surface area contributed by atoms with Crippen molar-refractivity contribution in [2.75, 3.05) is 53.0 Å². The Morgan fingerprint density at radius 3 is 2.74 bits per heavy atom. The highest BCUT2D eigenvalue weighted by atomic mass is 19.1. The van der Waals surface area contributed by atoms with Gasteiger partial charge in [-0.25, -0.2) is 4.39 Å². The van der Waals surface area contributed by atoms with Gasteiger partial charge in [-0.15, -0.1) is 0 Å². The van der Waals surface area contributed by atoms with Gasteiger partial charge >= 0.3 is 0 Å². The number of carbonyl (C=O) groups is 1. The molecule has 1 aromatic rings. The van der Waals surface area contributed by atoms with Crippen molar-refractivity contribution >= 4 is 5.91 Å². The van der Waals surface area contributed by atoms with Crippen molar-refractivity contribution in [3.05, 3.63) is 35.6 Å². The van der Waals surface area contributed by atoms with Crippen LogP contribution < -0.4 is 0 Å². The second kappa shape index (κ2) is 10.7. The molecule has 0 bridgehead atoms. The van der Waals surface area contributed by atoms with Gasteiger partial charge in [0.15, 0.2) is 0 Å². The number of hydrogen-bond donors (Lipinski definition) is 1. The van der Waals surface area contributed by atoms with E-state index in [1.807, 2.05) is 13.8 Å². The summed E-state index contributed by atoms with van der Waals surface area (Å²) in [5.74, 6) is -0.343. The third-order valence-corrected chi connectivity index (χ3v) is 4.81. The molecule has 0 saturated carbocycles. The fraction of sp³-hybridized carbons (Fsp3) is 0.650. The van der Waals surface area contributed by atoms with E-state index in [1.54, 1.807) is 12.0 Å². The van der Waals surface area contributed by atoms with E-state index in [0.29, 0.717) is 45.0 Å². The van der Waals surface area contributed by atoms with Crippen LogP contribution in [-0.2, 0) is 9.47 Å². The maximum Gasteiger partial charge on any atom is 0.254 e. The summed E-state index contributed by atoms with van der Waals surface area (Å²) in [7, 11) is 1.59. The number of aliphatic hydroxyl groups excluding tert-OH is 1. The number of β-amino-alcohol motifs (C(OH)–C–C–N with tert-alkyl or cyclic N) is 1. The fourth-order valence-corrected chi connectivity index (χ4v) is 3.03. The number of benzene rings is 1. The smallest absolute Gasteiger partial charge is 0.254 e. The van der Waals surface area contributed by atoms with Crippen LogP contribution in [0.1, 0.15) is 24.2 Å². The SMILES string of the molecule is COCCN(C[C@H]1CN(C[C@@H](O)C(C)C)CCO1)C(=O)c1ccc(F)cc1. The monoisotopic (exact) mass is 382 g/mol. The van der Waals surface area contributed by atoms with Gasteiger partial charge in [-0.05, 0) is 30.2 Å². The lowest BCUT2D eigenvalue weighted by Crippen LogP contribution is -2.51. The summed E-state index contributed by atoms with van der Waals surface area (Å²) >= 11 is 0. The first kappa shape index (κ1) is 21.8. The Morgan fingerprint density at radius 2 is 2.11 bits per heavy atom. The minimum Gasteiger partial charge on any atom is -0.392 e. The number of ether oxygens (including phenoxy) is 2. The van der Waals surface area contributed by atoms with Gasteiger partial charge in [-0.3, -0.25) is 9.69 Å². The van der Waals surface area contributed by atoms with E-state index in [1.165, 1.54) is 24.3 Å². The molecule has 1 aromatic carbocycles. The number of aliphatic hydroxyl groups is 1. The van der Waals surface area contributed by atoms with Crippen LogP contribution in [-0.4, -0.2) is 86.1 Å². The van der Waals surface area contributed by atoms with E-state index >= 15 is 0 Å². The number of hydrogen-bond acceptors (Lipinski definition) is 5. The molecule has 152 valence electrons. The Hall–Kier alpha value is -1.54. The number of nitrogens with zero attached hydrogens (tertiary/aromatic N) is 2. The molecule has 1 amide bonds. The molecule has 2 atom stereocenters. The van der Waals surface area contributed by atoms with Gasteiger partial charge in [-0.1, -0.05) is 13.8 Å². The summed E-state index contributed by atoms with van der Waals surface area (Å²) in [4.78, 5) is 16.7. The lowest BCUT2D eigenvalue weighted by atomic mass is 10.1. The average molecular weight is 382 g/mol. The minimum atomic E-state index is -0.380. The van der Waals surface area contributed by atoms with Gasteiger partial charge in [-0.2, -0.15) is 0 Å². The van der Waals surface area contributed by atoms with Crippen molar-refractivity contribution in [1.29, 1.82) is 0 Å². The number of morpholine rings is 1. The van der Waals surface area contributed by atoms with Crippen molar-refractivity contribution in [1.82, 2.24) is 9.80 Å². The molecule has 1 heterocycles. The molecule has 6 nitrogen and oxygen atoms in total. The van der Waals surface area contributed by atoms with Crippen LogP contribution >= 0.6 is 0 Å². The van der Waals surface area contributed by atoms with Crippen molar-refractivity contribution < 1.29 is 23.8 Å². The second-order valence-corrected chi connectivity index (χ2v) is 7.31. The topological polar surface area (TPSA) is 62.2 Å². The van der Waals surface area contributed by atoms with Crippen LogP contribution in [0.2, 0.25) is 0 Å². The number of carbonyl (C=O) groups excluding carboxylic acids is 1. The Bertz CT molecular complexity index is 582. The van der Waals surface area contributed by atoms with Crippen LogP contribution in [0.3, 0.4) is 0 Å². The molecule has 0 spiro atoms. The largest absolute Gasteiger partial charge is 0.392 e. The number of amides is 1. The quantitative estimate of drug-likeness (QED) is 0.703. The molecule has 0 radical (unpaired) electrons. The molecule has 2 rings (SSSR count). The first-order chi connectivity index (χ1) is 12.9. The number of rotatable bonds is 9. The van der Waals surface area contributed by atoms with Crippen LogP contribution in [0.25, 0.3) is 0 Å². The van der Waals surface area contributed by atoms with Crippen molar-refractivity contribution in [3.63, 3.8) is 0 Å². The molecule has 0 aromatic heterocycles. The maximum atomic E-state index is 13.1. The summed E-state index contributed by atoms with van der Waals surface area (Å²) in [6.07, 6.45) is -0.520. The summed E-state index contributed by atoms with van der Waals surface area (Å²) in [5.41, 5.74) is 0.440. The molecule has 1 N–H and O–H groups in total. The summed E-state index contributed by atoms with van der Waals surface area (Å²) < 4.78 is 24.1. The van der Waals surface area contributed by atoms with Gasteiger partial charge < -0.3 is 19.5 Å². The Morgan fingerprint density at radius 1 is 1.41 bits per heavy atom. The fourth-order valence-electron chi connectivity index (χ4n) is 3.03. The molecule has 1 aliphatic heterocycles. The summed E-state index contributed by atoms with van der Waals surface area (Å²) in [6.45, 7) is 7.85. The van der Waals surface area contributed by atoms with E-state index in [2.05, 4.69) is 4.90 Å². The Labute approximate surface area is 160 Å². The maximum absolute atomic E-state index is 13.1. The highest BCUT2D eigenvalue weighted by molar-refractivity contribution is 5.94. The van der Waals surface area contributed by atoms with Crippen LogP contribution in [0.5, 0.6) is 0 Å².